The summed E-state index contributed by atoms with van der Waals surface area (Å²) < 4.78 is 0. The number of hydrogen-bond acceptors (Lipinski definition) is 2. The first-order valence-corrected chi connectivity index (χ1v) is 19.5. The zero-order valence-electron chi connectivity index (χ0n) is 29.9. The van der Waals surface area contributed by atoms with E-state index in [2.05, 4.69) is 192 Å². The summed E-state index contributed by atoms with van der Waals surface area (Å²) in [5.41, 5.74) is 16.1. The summed E-state index contributed by atoms with van der Waals surface area (Å²) in [6, 6.07) is 45.9. The van der Waals surface area contributed by atoms with Gasteiger partial charge in [0, 0.05) is 40.3 Å². The zero-order chi connectivity index (χ0) is 35.3. The average molecular weight is 691 g/mol. The van der Waals surface area contributed by atoms with Crippen LogP contribution < -0.4 is 9.80 Å². The van der Waals surface area contributed by atoms with Crippen LogP contribution in [0.4, 0.5) is 28.4 Å². The zero-order valence-corrected chi connectivity index (χ0v) is 29.9. The van der Waals surface area contributed by atoms with Gasteiger partial charge in [0.15, 0.2) is 0 Å². The summed E-state index contributed by atoms with van der Waals surface area (Å²) in [5.74, 6) is 1.34. The molecule has 4 atom stereocenters. The maximum atomic E-state index is 2.57. The van der Waals surface area contributed by atoms with Crippen LogP contribution in [0.5, 0.6) is 0 Å². The van der Waals surface area contributed by atoms with Gasteiger partial charge in [0.2, 0.25) is 0 Å². The van der Waals surface area contributed by atoms with Gasteiger partial charge in [0.1, 0.15) is 0 Å². The molecule has 0 saturated carbocycles. The minimum absolute atomic E-state index is 0.221. The standard InChI is InChI=1S/C52H38N2/c1-3-12-35-29-39(22-20-33(35)10-1)53(41-24-26-44-47-18-9-15-38-28-37-14-5-6-16-43(37)52(51(38)47)48(44)31-41)42-25-27-46-45-17-7-8-19-49(45)54(50(46)32-42)40-23-21-34-11-2-4-13-36(34)30-40/h1-14,16-27,29-32,37-38,45,49H,15,28H2/t37?,38?,45-,49?/m1/s1. The van der Waals surface area contributed by atoms with Gasteiger partial charge in [-0.15, -0.1) is 0 Å². The molecule has 2 heteroatoms. The van der Waals surface area contributed by atoms with Crippen LogP contribution in [0.25, 0.3) is 32.7 Å². The van der Waals surface area contributed by atoms with Crippen molar-refractivity contribution in [3.63, 3.8) is 0 Å². The number of hydrogen-bond donors (Lipinski definition) is 0. The molecule has 6 aromatic carbocycles. The summed E-state index contributed by atoms with van der Waals surface area (Å²) >= 11 is 0. The lowest BCUT2D eigenvalue weighted by Gasteiger charge is -2.34. The first kappa shape index (κ1) is 30.1. The van der Waals surface area contributed by atoms with Crippen LogP contribution in [0.1, 0.15) is 35.4 Å². The molecule has 0 N–H and O–H groups in total. The Morgan fingerprint density at radius 2 is 1.30 bits per heavy atom. The van der Waals surface area contributed by atoms with Gasteiger partial charge in [-0.05, 0) is 128 Å². The summed E-state index contributed by atoms with van der Waals surface area (Å²) in [4.78, 5) is 5.06. The monoisotopic (exact) mass is 690 g/mol. The fraction of sp³-hybridized carbons (Fsp3) is 0.115. The van der Waals surface area contributed by atoms with Crippen molar-refractivity contribution in [1.29, 1.82) is 0 Å². The minimum Gasteiger partial charge on any atom is -0.333 e. The maximum Gasteiger partial charge on any atom is 0.0629 e. The van der Waals surface area contributed by atoms with E-state index in [4.69, 9.17) is 0 Å². The van der Waals surface area contributed by atoms with Crippen molar-refractivity contribution >= 4 is 61.1 Å². The second kappa shape index (κ2) is 11.6. The molecule has 1 heterocycles. The van der Waals surface area contributed by atoms with Crippen molar-refractivity contribution in [1.82, 2.24) is 0 Å². The summed E-state index contributed by atoms with van der Waals surface area (Å²) in [7, 11) is 0. The maximum absolute atomic E-state index is 2.57. The topological polar surface area (TPSA) is 6.48 Å². The molecule has 12 rings (SSSR count). The van der Waals surface area contributed by atoms with Crippen LogP contribution in [-0.4, -0.2) is 6.04 Å². The molecular weight excluding hydrogens is 653 g/mol. The lowest BCUT2D eigenvalue weighted by molar-refractivity contribution is 0.504. The quantitative estimate of drug-likeness (QED) is 0.182. The lowest BCUT2D eigenvalue weighted by atomic mass is 9.69. The molecule has 0 amide bonds. The number of rotatable bonds is 4. The molecular formula is C52H38N2. The number of benzene rings is 6. The lowest BCUT2D eigenvalue weighted by Crippen LogP contribution is -2.28. The van der Waals surface area contributed by atoms with Gasteiger partial charge in [-0.25, -0.2) is 0 Å². The highest BCUT2D eigenvalue weighted by Gasteiger charge is 2.41. The Bertz CT molecular complexity index is 2820. The van der Waals surface area contributed by atoms with Gasteiger partial charge in [-0.3, -0.25) is 0 Å². The SMILES string of the molecule is C1=CC2=C3C4=C(C=CCC4CC2C=C1)c1ccc(N(c2ccc4c(c2)N(c2ccc5ccccc5c2)C2C=CC=C[C@H]42)c2ccc4ccccc4c2)cc13. The van der Waals surface area contributed by atoms with E-state index in [-0.39, 0.29) is 6.04 Å². The molecule has 0 radical (unpaired) electrons. The molecule has 6 aromatic rings. The fourth-order valence-corrected chi connectivity index (χ4v) is 10.4. The number of anilines is 5. The van der Waals surface area contributed by atoms with Crippen LogP contribution in [0.15, 0.2) is 193 Å². The fourth-order valence-electron chi connectivity index (χ4n) is 10.4. The van der Waals surface area contributed by atoms with Gasteiger partial charge in [-0.2, -0.15) is 0 Å². The van der Waals surface area contributed by atoms with Crippen molar-refractivity contribution in [2.75, 3.05) is 9.80 Å². The molecule has 0 saturated heterocycles. The molecule has 2 nitrogen and oxygen atoms in total. The first-order valence-electron chi connectivity index (χ1n) is 19.5. The summed E-state index contributed by atoms with van der Waals surface area (Å²) in [5, 5.41) is 5.02. The molecule has 1 aliphatic heterocycles. The van der Waals surface area contributed by atoms with Gasteiger partial charge in [0.25, 0.3) is 0 Å². The van der Waals surface area contributed by atoms with Crippen molar-refractivity contribution < 1.29 is 0 Å². The molecule has 0 bridgehead atoms. The van der Waals surface area contributed by atoms with Crippen molar-refractivity contribution in [2.45, 2.75) is 24.8 Å². The second-order valence-electron chi connectivity index (χ2n) is 15.6. The van der Waals surface area contributed by atoms with E-state index in [1.165, 1.54) is 78.4 Å². The molecule has 54 heavy (non-hydrogen) atoms. The van der Waals surface area contributed by atoms with E-state index in [9.17, 15) is 0 Å². The minimum atomic E-state index is 0.221. The van der Waals surface area contributed by atoms with Crippen LogP contribution in [0, 0.1) is 11.8 Å². The van der Waals surface area contributed by atoms with Crippen molar-refractivity contribution in [3.05, 3.63) is 210 Å². The number of fused-ring (bicyclic) bond motifs is 9. The number of nitrogens with zero attached hydrogens (tertiary/aromatic N) is 2. The number of allylic oxidation sites excluding steroid dienone is 12. The first-order chi connectivity index (χ1) is 26.8. The Morgan fingerprint density at radius 3 is 2.19 bits per heavy atom. The Morgan fingerprint density at radius 1 is 0.574 bits per heavy atom. The van der Waals surface area contributed by atoms with Crippen LogP contribution >= 0.6 is 0 Å². The normalized spacial score (nSPS) is 22.5. The van der Waals surface area contributed by atoms with Gasteiger partial charge in [-0.1, -0.05) is 134 Å². The Balaban J connectivity index is 1.06. The van der Waals surface area contributed by atoms with Crippen LogP contribution in [0.2, 0.25) is 0 Å². The third-order valence-electron chi connectivity index (χ3n) is 12.7. The Kier molecular flexibility index (Phi) is 6.45. The van der Waals surface area contributed by atoms with Gasteiger partial charge < -0.3 is 9.80 Å². The smallest absolute Gasteiger partial charge is 0.0629 e. The van der Waals surface area contributed by atoms with E-state index in [0.717, 1.165) is 17.8 Å². The average Bonchev–Trinajstić information content (AvgIpc) is 3.74. The highest BCUT2D eigenvalue weighted by atomic mass is 15.2. The highest BCUT2D eigenvalue weighted by Crippen LogP contribution is 2.57. The molecule has 256 valence electrons. The van der Waals surface area contributed by atoms with Gasteiger partial charge in [0.05, 0.1) is 6.04 Å². The predicted octanol–water partition coefficient (Wildman–Crippen LogP) is 13.4. The van der Waals surface area contributed by atoms with Crippen molar-refractivity contribution in [2.24, 2.45) is 11.8 Å². The van der Waals surface area contributed by atoms with Crippen LogP contribution in [-0.2, 0) is 0 Å². The van der Waals surface area contributed by atoms with E-state index < -0.39 is 0 Å². The molecule has 0 fully saturated rings. The summed E-state index contributed by atoms with van der Waals surface area (Å²) in [6.07, 6.45) is 25.6. The second-order valence-corrected chi connectivity index (χ2v) is 15.6. The van der Waals surface area contributed by atoms with E-state index >= 15 is 0 Å². The van der Waals surface area contributed by atoms with Gasteiger partial charge >= 0.3 is 0 Å². The van der Waals surface area contributed by atoms with E-state index in [0.29, 0.717) is 17.8 Å². The molecule has 0 spiro atoms. The predicted molar refractivity (Wildman–Crippen MR) is 227 cm³/mol. The van der Waals surface area contributed by atoms with Crippen LogP contribution in [0.3, 0.4) is 0 Å². The molecule has 6 aliphatic rings. The van der Waals surface area contributed by atoms with E-state index in [1.807, 2.05) is 0 Å². The third-order valence-corrected chi connectivity index (χ3v) is 12.7. The molecule has 5 aliphatic carbocycles. The summed E-state index contributed by atoms with van der Waals surface area (Å²) in [6.45, 7) is 0. The highest BCUT2D eigenvalue weighted by molar-refractivity contribution is 6.07. The molecule has 3 unspecified atom stereocenters. The largest absolute Gasteiger partial charge is 0.333 e. The third kappa shape index (κ3) is 4.40. The molecule has 0 aromatic heterocycles. The Labute approximate surface area is 316 Å². The Hall–Kier alpha value is -6.38. The van der Waals surface area contributed by atoms with Crippen molar-refractivity contribution in [3.8, 4) is 0 Å². The van der Waals surface area contributed by atoms with E-state index in [1.54, 1.807) is 5.57 Å².